The zero-order valence-corrected chi connectivity index (χ0v) is 15.6. The van der Waals surface area contributed by atoms with Crippen molar-refractivity contribution in [2.45, 2.75) is 13.5 Å². The van der Waals surface area contributed by atoms with E-state index in [1.807, 2.05) is 19.1 Å². The number of hydrogen-bond acceptors (Lipinski definition) is 3. The second-order valence-electron chi connectivity index (χ2n) is 6.22. The van der Waals surface area contributed by atoms with Gasteiger partial charge in [0.2, 0.25) is 0 Å². The maximum Gasteiger partial charge on any atom is 0.279 e. The molecule has 27 heavy (non-hydrogen) atoms. The Morgan fingerprint density at radius 3 is 2.33 bits per heavy atom. The van der Waals surface area contributed by atoms with Crippen molar-refractivity contribution >= 4 is 11.6 Å². The minimum atomic E-state index is -1.62. The molecule has 5 nitrogen and oxygen atoms in total. The summed E-state index contributed by atoms with van der Waals surface area (Å²) in [5, 5.41) is 2.26. The number of hydrogen-bond donors (Lipinski definition) is 2. The molecular formula is C19H22F3N2O3+. The monoisotopic (exact) mass is 383 g/mol. The summed E-state index contributed by atoms with van der Waals surface area (Å²) in [7, 11) is 4.88. The molecule has 146 valence electrons. The molecule has 2 rings (SSSR count). The van der Waals surface area contributed by atoms with Gasteiger partial charge in [-0.2, -0.15) is 0 Å². The summed E-state index contributed by atoms with van der Waals surface area (Å²) in [5.74, 6) is -3.67. The van der Waals surface area contributed by atoms with Crippen LogP contribution in [0.3, 0.4) is 0 Å². The fraction of sp³-hybridized carbons (Fsp3) is 0.316. The van der Waals surface area contributed by atoms with E-state index in [1.54, 1.807) is 14.2 Å². The van der Waals surface area contributed by atoms with Gasteiger partial charge in [-0.1, -0.05) is 0 Å². The van der Waals surface area contributed by atoms with E-state index in [0.29, 0.717) is 18.0 Å². The summed E-state index contributed by atoms with van der Waals surface area (Å²) < 4.78 is 50.4. The maximum absolute atomic E-state index is 13.7. The summed E-state index contributed by atoms with van der Waals surface area (Å²) in [6.45, 7) is 2.42. The first-order valence-electron chi connectivity index (χ1n) is 8.23. The molecule has 1 unspecified atom stereocenters. The van der Waals surface area contributed by atoms with Gasteiger partial charge in [-0.25, -0.2) is 13.2 Å². The molecule has 2 N–H and O–H groups in total. The SMILES string of the molecule is COc1cc(C)c(C[NH+](C)CC(=O)Nc2ccc(F)c(F)c2F)cc1OC. The van der Waals surface area contributed by atoms with E-state index in [-0.39, 0.29) is 6.54 Å². The molecule has 1 atom stereocenters. The Labute approximate surface area is 155 Å². The molecule has 0 aliphatic rings. The Hall–Kier alpha value is -2.74. The summed E-state index contributed by atoms with van der Waals surface area (Å²) in [4.78, 5) is 12.9. The Kier molecular flexibility index (Phi) is 6.68. The minimum Gasteiger partial charge on any atom is -0.493 e. The van der Waals surface area contributed by atoms with Crippen LogP contribution in [0.2, 0.25) is 0 Å². The van der Waals surface area contributed by atoms with Crippen LogP contribution < -0.4 is 19.7 Å². The van der Waals surface area contributed by atoms with E-state index in [0.717, 1.165) is 28.2 Å². The fourth-order valence-electron chi connectivity index (χ4n) is 2.69. The number of rotatable bonds is 7. The van der Waals surface area contributed by atoms with Crippen LogP contribution in [0.1, 0.15) is 11.1 Å². The Bertz CT molecular complexity index is 843. The number of amides is 1. The highest BCUT2D eigenvalue weighted by Gasteiger charge is 2.18. The molecule has 0 spiro atoms. The van der Waals surface area contributed by atoms with Crippen molar-refractivity contribution in [2.75, 3.05) is 33.1 Å². The van der Waals surface area contributed by atoms with E-state index in [9.17, 15) is 18.0 Å². The van der Waals surface area contributed by atoms with Gasteiger partial charge in [-0.15, -0.1) is 0 Å². The number of anilines is 1. The second-order valence-corrected chi connectivity index (χ2v) is 6.22. The first-order valence-corrected chi connectivity index (χ1v) is 8.23. The highest BCUT2D eigenvalue weighted by molar-refractivity contribution is 5.91. The van der Waals surface area contributed by atoms with E-state index in [2.05, 4.69) is 5.32 Å². The van der Waals surface area contributed by atoms with E-state index < -0.39 is 29.0 Å². The van der Waals surface area contributed by atoms with Gasteiger partial charge < -0.3 is 19.7 Å². The highest BCUT2D eigenvalue weighted by Crippen LogP contribution is 2.29. The van der Waals surface area contributed by atoms with Gasteiger partial charge >= 0.3 is 0 Å². The first-order chi connectivity index (χ1) is 12.8. The normalized spacial score (nSPS) is 11.8. The largest absolute Gasteiger partial charge is 0.493 e. The first kappa shape index (κ1) is 20.6. The van der Waals surface area contributed by atoms with Crippen LogP contribution in [0.4, 0.5) is 18.9 Å². The number of nitrogens with one attached hydrogen (secondary N) is 2. The third kappa shape index (κ3) is 4.91. The predicted molar refractivity (Wildman–Crippen MR) is 94.7 cm³/mol. The van der Waals surface area contributed by atoms with Crippen LogP contribution in [0.25, 0.3) is 0 Å². The standard InChI is InChI=1S/C19H21F3N2O3/c1-11-7-15(26-3)16(27-4)8-12(11)9-24(2)10-17(25)23-14-6-5-13(20)18(21)19(14)22/h5-8H,9-10H2,1-4H3,(H,23,25)/p+1. The quantitative estimate of drug-likeness (QED) is 0.720. The predicted octanol–water partition coefficient (Wildman–Crippen LogP) is 2.08. The number of methoxy groups -OCH3 is 2. The molecule has 0 fully saturated rings. The smallest absolute Gasteiger partial charge is 0.279 e. The van der Waals surface area contributed by atoms with E-state index in [1.165, 1.54) is 7.11 Å². The zero-order chi connectivity index (χ0) is 20.1. The lowest BCUT2D eigenvalue weighted by Crippen LogP contribution is -3.08. The van der Waals surface area contributed by atoms with Gasteiger partial charge in [0.1, 0.15) is 6.54 Å². The number of aryl methyl sites for hydroxylation is 1. The molecule has 0 heterocycles. The number of likely N-dealkylation sites (N-methyl/N-ethyl adjacent to an activating group) is 1. The number of halogens is 3. The van der Waals surface area contributed by atoms with Gasteiger partial charge in [-0.05, 0) is 36.8 Å². The van der Waals surface area contributed by atoms with Crippen molar-refractivity contribution in [1.82, 2.24) is 0 Å². The van der Waals surface area contributed by atoms with Crippen molar-refractivity contribution < 1.29 is 32.3 Å². The summed E-state index contributed by atoms with van der Waals surface area (Å²) >= 11 is 0. The maximum atomic E-state index is 13.7. The van der Waals surface area contributed by atoms with Crippen LogP contribution in [0.15, 0.2) is 24.3 Å². The van der Waals surface area contributed by atoms with Crippen LogP contribution in [-0.2, 0) is 11.3 Å². The molecule has 0 saturated carbocycles. The molecule has 0 aromatic heterocycles. The summed E-state index contributed by atoms with van der Waals surface area (Å²) in [5.41, 5.74) is 1.53. The van der Waals surface area contributed by atoms with Crippen LogP contribution >= 0.6 is 0 Å². The van der Waals surface area contributed by atoms with Gasteiger partial charge in [0.05, 0.1) is 27.0 Å². The highest BCUT2D eigenvalue weighted by atomic mass is 19.2. The number of quaternary nitrogens is 1. The molecule has 0 aliphatic heterocycles. The van der Waals surface area contributed by atoms with Gasteiger partial charge in [0.25, 0.3) is 5.91 Å². The third-order valence-corrected chi connectivity index (χ3v) is 4.11. The lowest BCUT2D eigenvalue weighted by atomic mass is 10.1. The molecular weight excluding hydrogens is 361 g/mol. The molecule has 8 heteroatoms. The molecule has 2 aromatic rings. The third-order valence-electron chi connectivity index (χ3n) is 4.11. The molecule has 0 aliphatic carbocycles. The number of carbonyl (C=O) groups excluding carboxylic acids is 1. The van der Waals surface area contributed by atoms with Crippen molar-refractivity contribution in [1.29, 1.82) is 0 Å². The summed E-state index contributed by atoms with van der Waals surface area (Å²) in [6, 6.07) is 5.43. The number of ether oxygens (including phenoxy) is 2. The van der Waals surface area contributed by atoms with Crippen LogP contribution in [-0.4, -0.2) is 33.7 Å². The zero-order valence-electron chi connectivity index (χ0n) is 15.6. The number of benzene rings is 2. The average Bonchev–Trinajstić information content (AvgIpc) is 2.63. The van der Waals surface area contributed by atoms with E-state index in [4.69, 9.17) is 9.47 Å². The van der Waals surface area contributed by atoms with Crippen molar-refractivity contribution in [3.05, 3.63) is 52.8 Å². The van der Waals surface area contributed by atoms with Crippen molar-refractivity contribution in [2.24, 2.45) is 0 Å². The molecule has 1 amide bonds. The van der Waals surface area contributed by atoms with Crippen molar-refractivity contribution in [3.63, 3.8) is 0 Å². The van der Waals surface area contributed by atoms with Crippen LogP contribution in [0, 0.1) is 24.4 Å². The second kappa shape index (κ2) is 8.77. The topological polar surface area (TPSA) is 52.0 Å². The van der Waals surface area contributed by atoms with Crippen LogP contribution in [0.5, 0.6) is 11.5 Å². The number of carbonyl (C=O) groups is 1. The summed E-state index contributed by atoms with van der Waals surface area (Å²) in [6.07, 6.45) is 0. The average molecular weight is 383 g/mol. The van der Waals surface area contributed by atoms with Gasteiger partial charge in [-0.3, -0.25) is 4.79 Å². The Morgan fingerprint density at radius 1 is 1.07 bits per heavy atom. The van der Waals surface area contributed by atoms with Gasteiger partial charge in [0, 0.05) is 5.56 Å². The lowest BCUT2D eigenvalue weighted by molar-refractivity contribution is -0.885. The Morgan fingerprint density at radius 2 is 1.70 bits per heavy atom. The lowest BCUT2D eigenvalue weighted by Gasteiger charge is -2.17. The minimum absolute atomic E-state index is 0.00617. The Balaban J connectivity index is 2.04. The molecule has 0 radical (unpaired) electrons. The molecule has 0 saturated heterocycles. The van der Waals surface area contributed by atoms with Gasteiger partial charge in [0.15, 0.2) is 35.5 Å². The van der Waals surface area contributed by atoms with E-state index >= 15 is 0 Å². The fourth-order valence-corrected chi connectivity index (χ4v) is 2.69. The molecule has 2 aromatic carbocycles. The van der Waals surface area contributed by atoms with Crippen molar-refractivity contribution in [3.8, 4) is 11.5 Å². The molecule has 0 bridgehead atoms.